The highest BCUT2D eigenvalue weighted by atomic mass is 79.9. The molecule has 0 fully saturated rings. The zero-order chi connectivity index (χ0) is 13.7. The van der Waals surface area contributed by atoms with E-state index in [0.717, 1.165) is 0 Å². The van der Waals surface area contributed by atoms with Crippen LogP contribution < -0.4 is 9.64 Å². The molecule has 0 aliphatic rings. The summed E-state index contributed by atoms with van der Waals surface area (Å²) >= 11 is 3.29. The Balaban J connectivity index is 2.91. The second-order valence-corrected chi connectivity index (χ2v) is 4.68. The summed E-state index contributed by atoms with van der Waals surface area (Å²) in [5.41, 5.74) is 0. The van der Waals surface area contributed by atoms with Crippen LogP contribution in [0.4, 0.5) is 5.95 Å². The Labute approximate surface area is 115 Å². The number of ether oxygens (including phenoxy) is 1. The quantitative estimate of drug-likeness (QED) is 0.816. The molecule has 18 heavy (non-hydrogen) atoms. The molecule has 0 atom stereocenters. The number of carbonyl (C=O) groups is 1. The molecule has 0 spiro atoms. The maximum atomic E-state index is 11.7. The lowest BCUT2D eigenvalue weighted by Gasteiger charge is -2.22. The lowest BCUT2D eigenvalue weighted by atomic mass is 10.4. The van der Waals surface area contributed by atoms with Gasteiger partial charge in [0.25, 0.3) is 0 Å². The average molecular weight is 317 g/mol. The second kappa shape index (κ2) is 6.53. The van der Waals surface area contributed by atoms with Gasteiger partial charge in [-0.15, -0.1) is 0 Å². The fourth-order valence-electron chi connectivity index (χ4n) is 1.27. The van der Waals surface area contributed by atoms with Crippen LogP contribution in [0.2, 0.25) is 0 Å². The van der Waals surface area contributed by atoms with Gasteiger partial charge in [0, 0.05) is 20.6 Å². The molecule has 0 aliphatic heterocycles. The van der Waals surface area contributed by atoms with Crippen molar-refractivity contribution in [2.45, 2.75) is 6.92 Å². The summed E-state index contributed by atoms with van der Waals surface area (Å²) in [7, 11) is 4.98. The number of likely N-dealkylation sites (N-methyl/N-ethyl adjacent to an activating group) is 2. The summed E-state index contributed by atoms with van der Waals surface area (Å²) < 4.78 is 5.80. The molecule has 1 rings (SSSR count). The van der Waals surface area contributed by atoms with Crippen LogP contribution in [0.1, 0.15) is 6.92 Å². The van der Waals surface area contributed by atoms with Crippen molar-refractivity contribution >= 4 is 27.8 Å². The molecule has 6 nitrogen and oxygen atoms in total. The number of hydrogen-bond donors (Lipinski definition) is 0. The summed E-state index contributed by atoms with van der Waals surface area (Å²) in [6, 6.07) is 0. The first kappa shape index (κ1) is 14.7. The Kier molecular flexibility index (Phi) is 5.33. The van der Waals surface area contributed by atoms with Gasteiger partial charge >= 0.3 is 0 Å². The average Bonchev–Trinajstić information content (AvgIpc) is 2.36. The normalized spacial score (nSPS) is 10.1. The number of nitrogens with zero attached hydrogens (tertiary/aromatic N) is 4. The number of anilines is 1. The third kappa shape index (κ3) is 3.56. The molecule has 1 aromatic heterocycles. The molecule has 0 bridgehead atoms. The SMILES string of the molecule is CCN(CC(=O)N(C)C)c1ncc(Br)c(OC)n1. The van der Waals surface area contributed by atoms with Crippen LogP contribution in [0.25, 0.3) is 0 Å². The van der Waals surface area contributed by atoms with E-state index in [9.17, 15) is 4.79 Å². The van der Waals surface area contributed by atoms with Gasteiger partial charge in [-0.25, -0.2) is 4.98 Å². The van der Waals surface area contributed by atoms with Gasteiger partial charge in [0.2, 0.25) is 17.7 Å². The van der Waals surface area contributed by atoms with E-state index < -0.39 is 0 Å². The minimum absolute atomic E-state index is 0.00216. The maximum absolute atomic E-state index is 11.7. The monoisotopic (exact) mass is 316 g/mol. The van der Waals surface area contributed by atoms with Gasteiger partial charge in [-0.1, -0.05) is 0 Å². The zero-order valence-corrected chi connectivity index (χ0v) is 12.6. The molecule has 7 heteroatoms. The molecule has 1 aromatic rings. The number of amides is 1. The van der Waals surface area contributed by atoms with Crippen LogP contribution in [-0.4, -0.2) is 55.1 Å². The van der Waals surface area contributed by atoms with Crippen molar-refractivity contribution in [3.05, 3.63) is 10.7 Å². The van der Waals surface area contributed by atoms with Gasteiger partial charge in [0.1, 0.15) is 0 Å². The lowest BCUT2D eigenvalue weighted by Crippen LogP contribution is -2.37. The summed E-state index contributed by atoms with van der Waals surface area (Å²) in [5.74, 6) is 0.936. The Morgan fingerprint density at radius 2 is 2.17 bits per heavy atom. The fourth-order valence-corrected chi connectivity index (χ4v) is 1.62. The first-order chi connectivity index (χ1) is 8.49. The summed E-state index contributed by atoms with van der Waals surface area (Å²) in [6.45, 7) is 2.83. The number of methoxy groups -OCH3 is 1. The molecule has 1 heterocycles. The molecular formula is C11H17BrN4O2. The third-order valence-electron chi connectivity index (χ3n) is 2.38. The Bertz CT molecular complexity index is 426. The number of halogens is 1. The van der Waals surface area contributed by atoms with Crippen molar-refractivity contribution in [3.8, 4) is 5.88 Å². The minimum Gasteiger partial charge on any atom is -0.480 e. The van der Waals surface area contributed by atoms with Gasteiger partial charge < -0.3 is 14.5 Å². The first-order valence-corrected chi connectivity index (χ1v) is 6.30. The molecule has 1 amide bonds. The molecule has 0 aliphatic carbocycles. The highest BCUT2D eigenvalue weighted by Gasteiger charge is 2.15. The van der Waals surface area contributed by atoms with Gasteiger partial charge in [0.15, 0.2) is 0 Å². The van der Waals surface area contributed by atoms with E-state index in [2.05, 4.69) is 25.9 Å². The highest BCUT2D eigenvalue weighted by molar-refractivity contribution is 9.10. The predicted molar refractivity (Wildman–Crippen MR) is 72.9 cm³/mol. The number of rotatable bonds is 5. The standard InChI is InChI=1S/C11H17BrN4O2/c1-5-16(7-9(17)15(2)3)11-13-6-8(12)10(14-11)18-4/h6H,5,7H2,1-4H3. The predicted octanol–water partition coefficient (Wildman–Crippen LogP) is 1.16. The van der Waals surface area contributed by atoms with E-state index >= 15 is 0 Å². The summed E-state index contributed by atoms with van der Waals surface area (Å²) in [4.78, 5) is 23.5. The van der Waals surface area contributed by atoms with Gasteiger partial charge in [-0.3, -0.25) is 4.79 Å². The molecule has 0 saturated heterocycles. The number of aromatic nitrogens is 2. The second-order valence-electron chi connectivity index (χ2n) is 3.83. The van der Waals surface area contributed by atoms with E-state index in [1.54, 1.807) is 30.1 Å². The van der Waals surface area contributed by atoms with Crippen molar-refractivity contribution in [2.75, 3.05) is 39.2 Å². The van der Waals surface area contributed by atoms with Crippen LogP contribution in [0.15, 0.2) is 10.7 Å². The molecule has 100 valence electrons. The highest BCUT2D eigenvalue weighted by Crippen LogP contribution is 2.23. The van der Waals surface area contributed by atoms with Crippen LogP contribution in [0, 0.1) is 0 Å². The Hall–Kier alpha value is -1.37. The van der Waals surface area contributed by atoms with Crippen LogP contribution >= 0.6 is 15.9 Å². The van der Waals surface area contributed by atoms with Gasteiger partial charge in [0.05, 0.1) is 24.3 Å². The molecular weight excluding hydrogens is 300 g/mol. The number of hydrogen-bond acceptors (Lipinski definition) is 5. The molecule has 0 unspecified atom stereocenters. The zero-order valence-electron chi connectivity index (χ0n) is 11.0. The van der Waals surface area contributed by atoms with E-state index in [1.165, 1.54) is 7.11 Å². The van der Waals surface area contributed by atoms with E-state index in [1.807, 2.05) is 6.92 Å². The number of carbonyl (C=O) groups excluding carboxylic acids is 1. The lowest BCUT2D eigenvalue weighted by molar-refractivity contribution is -0.127. The molecule has 0 aromatic carbocycles. The summed E-state index contributed by atoms with van der Waals surface area (Å²) in [5, 5.41) is 0. The minimum atomic E-state index is 0.00216. The Morgan fingerprint density at radius 3 is 2.67 bits per heavy atom. The van der Waals surface area contributed by atoms with Crippen LogP contribution in [0.3, 0.4) is 0 Å². The van der Waals surface area contributed by atoms with Crippen molar-refractivity contribution in [1.82, 2.24) is 14.9 Å². The smallest absolute Gasteiger partial charge is 0.241 e. The molecule has 0 N–H and O–H groups in total. The van der Waals surface area contributed by atoms with Crippen LogP contribution in [-0.2, 0) is 4.79 Å². The van der Waals surface area contributed by atoms with Crippen molar-refractivity contribution in [1.29, 1.82) is 0 Å². The topological polar surface area (TPSA) is 58.6 Å². The van der Waals surface area contributed by atoms with Crippen molar-refractivity contribution < 1.29 is 9.53 Å². The van der Waals surface area contributed by atoms with Gasteiger partial charge in [-0.05, 0) is 22.9 Å². The van der Waals surface area contributed by atoms with Crippen molar-refractivity contribution in [2.24, 2.45) is 0 Å². The molecule has 0 radical (unpaired) electrons. The summed E-state index contributed by atoms with van der Waals surface area (Å²) in [6.07, 6.45) is 1.62. The maximum Gasteiger partial charge on any atom is 0.241 e. The third-order valence-corrected chi connectivity index (χ3v) is 2.93. The van der Waals surface area contributed by atoms with Crippen LogP contribution in [0.5, 0.6) is 5.88 Å². The largest absolute Gasteiger partial charge is 0.480 e. The first-order valence-electron chi connectivity index (χ1n) is 5.51. The van der Waals surface area contributed by atoms with E-state index in [4.69, 9.17) is 4.74 Å². The molecule has 0 saturated carbocycles. The fraction of sp³-hybridized carbons (Fsp3) is 0.545. The van der Waals surface area contributed by atoms with Gasteiger partial charge in [-0.2, -0.15) is 4.98 Å². The Morgan fingerprint density at radius 1 is 1.50 bits per heavy atom. The van der Waals surface area contributed by atoms with Crippen molar-refractivity contribution in [3.63, 3.8) is 0 Å². The van der Waals surface area contributed by atoms with E-state index in [-0.39, 0.29) is 12.5 Å². The van der Waals surface area contributed by atoms with E-state index in [0.29, 0.717) is 22.8 Å².